The predicted octanol–water partition coefficient (Wildman–Crippen LogP) is 13.6. The van der Waals surface area contributed by atoms with Crippen LogP contribution < -0.4 is 15.3 Å². The zero-order valence-electron chi connectivity index (χ0n) is 35.1. The maximum Gasteiger partial charge on any atom is 0.0783 e. The highest BCUT2D eigenvalue weighted by atomic mass is 15.2. The summed E-state index contributed by atoms with van der Waals surface area (Å²) in [6, 6.07) is 82.4. The Morgan fingerprint density at radius 1 is 0.429 bits per heavy atom. The van der Waals surface area contributed by atoms with Crippen LogP contribution in [-0.2, 0) is 5.41 Å². The van der Waals surface area contributed by atoms with E-state index in [9.17, 15) is 0 Å². The summed E-state index contributed by atoms with van der Waals surface area (Å²) >= 11 is 0. The molecule has 3 aliphatic rings. The summed E-state index contributed by atoms with van der Waals surface area (Å²) in [5, 5.41) is 2.41. The van der Waals surface area contributed by atoms with E-state index in [1.165, 1.54) is 77.4 Å². The van der Waals surface area contributed by atoms with Crippen molar-refractivity contribution in [2.45, 2.75) is 18.8 Å². The molecule has 63 heavy (non-hydrogen) atoms. The molecule has 0 fully saturated rings. The van der Waals surface area contributed by atoms with E-state index in [1.54, 1.807) is 0 Å². The van der Waals surface area contributed by atoms with Gasteiger partial charge in [0.1, 0.15) is 0 Å². The molecule has 2 aliphatic heterocycles. The van der Waals surface area contributed by atoms with Crippen molar-refractivity contribution in [1.82, 2.24) is 0 Å². The number of para-hydroxylation sites is 3. The fourth-order valence-corrected chi connectivity index (χ4v) is 10.6. The van der Waals surface area contributed by atoms with Gasteiger partial charge in [0.05, 0.1) is 28.2 Å². The largest absolute Gasteiger partial charge is 0.310 e. The third-order valence-electron chi connectivity index (χ3n) is 13.5. The smallest absolute Gasteiger partial charge is 0.0783 e. The van der Waals surface area contributed by atoms with Crippen LogP contribution in [0.1, 0.15) is 46.7 Å². The van der Waals surface area contributed by atoms with E-state index >= 15 is 0 Å². The lowest BCUT2D eigenvalue weighted by Crippen LogP contribution is -2.36. The molecule has 2 heteroatoms. The van der Waals surface area contributed by atoms with Crippen molar-refractivity contribution in [1.29, 1.82) is 0 Å². The van der Waals surface area contributed by atoms with Gasteiger partial charge in [0, 0.05) is 22.4 Å². The first kappa shape index (κ1) is 37.0. The summed E-state index contributed by atoms with van der Waals surface area (Å²) in [7, 11) is 0. The third kappa shape index (κ3) is 5.90. The van der Waals surface area contributed by atoms with Crippen molar-refractivity contribution < 1.29 is 0 Å². The van der Waals surface area contributed by atoms with E-state index in [1.807, 2.05) is 0 Å². The molecule has 12 rings (SSSR count). The summed E-state index contributed by atoms with van der Waals surface area (Å²) in [5.74, 6) is 0.237. The minimum atomic E-state index is -0.472. The molecule has 1 aliphatic carbocycles. The molecule has 0 aromatic heterocycles. The Morgan fingerprint density at radius 2 is 0.952 bits per heavy atom. The maximum atomic E-state index is 5.54. The van der Waals surface area contributed by atoms with Crippen LogP contribution in [0.2, 0.25) is 0 Å². The van der Waals surface area contributed by atoms with Gasteiger partial charge < -0.3 is 4.90 Å². The Balaban J connectivity index is 0.970. The number of hydrogen-bond donors (Lipinski definition) is 0. The Labute approximate surface area is 369 Å². The van der Waals surface area contributed by atoms with Gasteiger partial charge >= 0.3 is 0 Å². The molecule has 1 unspecified atom stereocenters. The summed E-state index contributed by atoms with van der Waals surface area (Å²) < 4.78 is 0. The van der Waals surface area contributed by atoms with Crippen LogP contribution in [0.4, 0.5) is 17.1 Å². The van der Waals surface area contributed by atoms with Gasteiger partial charge in [0.15, 0.2) is 0 Å². The molecule has 0 bridgehead atoms. The van der Waals surface area contributed by atoms with Crippen LogP contribution in [0.5, 0.6) is 0 Å². The first-order chi connectivity index (χ1) is 31.2. The summed E-state index contributed by atoms with van der Waals surface area (Å²) in [5.41, 5.74) is 20.1. The Hall–Kier alpha value is -7.81. The molecule has 298 valence electrons. The van der Waals surface area contributed by atoms with Crippen LogP contribution in [0.15, 0.2) is 229 Å². The van der Waals surface area contributed by atoms with Gasteiger partial charge in [-0.15, -0.1) is 0 Å². The van der Waals surface area contributed by atoms with Gasteiger partial charge in [-0.2, -0.15) is 0 Å². The molecule has 9 aromatic carbocycles. The molecule has 0 radical (unpaired) electrons. The molecule has 1 atom stereocenters. The molecular weight excluding hydrogens is 761 g/mol. The van der Waals surface area contributed by atoms with Crippen molar-refractivity contribution >= 4 is 34.5 Å². The highest BCUT2D eigenvalue weighted by Gasteiger charge is 2.51. The topological polar surface area (TPSA) is 15.6 Å². The zero-order valence-corrected chi connectivity index (χ0v) is 35.1. The number of nitrogens with zero attached hydrogens (tertiary/aromatic N) is 2. The normalized spacial score (nSPS) is 16.8. The van der Waals surface area contributed by atoms with Gasteiger partial charge in [-0.25, -0.2) is 0 Å². The lowest BCUT2D eigenvalue weighted by molar-refractivity contribution is 0.753. The van der Waals surface area contributed by atoms with E-state index in [0.717, 1.165) is 34.6 Å². The van der Waals surface area contributed by atoms with Crippen molar-refractivity contribution in [2.24, 2.45) is 10.9 Å². The molecule has 0 saturated heterocycles. The van der Waals surface area contributed by atoms with Crippen LogP contribution in [0, 0.1) is 5.92 Å². The standard InChI is InChI=1S/C61H44N2/c1-41-34-35-42-18-8-9-27-50(42)60(43-19-4-2-5-20-43)62-59(41)48-24-17-23-46(39-48)44-21-16-22-45(38-44)47-36-37-54-52(40-47)51-28-10-11-29-53(51)61(54)55-30-12-14-32-57(55)63(49-25-6-3-7-26-49)58-33-15-13-31-56(58)61/h2-33,35-41H,34H2,1H3/b42-35+,60-50-,62-59?. The molecule has 0 N–H and O–H groups in total. The fraction of sp³-hybridized carbons (Fsp3) is 0.0656. The van der Waals surface area contributed by atoms with Crippen molar-refractivity contribution in [3.63, 3.8) is 0 Å². The fourth-order valence-electron chi connectivity index (χ4n) is 10.6. The summed E-state index contributed by atoms with van der Waals surface area (Å²) in [6.45, 7) is 2.30. The van der Waals surface area contributed by atoms with E-state index < -0.39 is 5.41 Å². The van der Waals surface area contributed by atoms with Crippen LogP contribution in [-0.4, -0.2) is 5.71 Å². The van der Waals surface area contributed by atoms with Crippen LogP contribution >= 0.6 is 0 Å². The van der Waals surface area contributed by atoms with Crippen LogP contribution in [0.3, 0.4) is 0 Å². The number of fused-ring (bicyclic) bond motifs is 10. The van der Waals surface area contributed by atoms with Gasteiger partial charge in [-0.05, 0) is 115 Å². The zero-order chi connectivity index (χ0) is 41.9. The number of rotatable bonds is 5. The number of anilines is 3. The quantitative estimate of drug-likeness (QED) is 0.169. The molecule has 0 amide bonds. The third-order valence-corrected chi connectivity index (χ3v) is 13.5. The lowest BCUT2D eigenvalue weighted by atomic mass is 9.64. The van der Waals surface area contributed by atoms with Crippen molar-refractivity contribution in [2.75, 3.05) is 4.90 Å². The SMILES string of the molecule is CC1C/C=c2\cccc\c2=C(/c2ccccc2)N=C1c1cccc(-c2cccc(-c3ccc4c(c3)-c3ccccc3C43c4ccccc4N(c4ccccc4)c4ccccc43)c2)c1. The Bertz CT molecular complexity index is 3350. The van der Waals surface area contributed by atoms with E-state index in [4.69, 9.17) is 4.99 Å². The van der Waals surface area contributed by atoms with Crippen molar-refractivity contribution in [3.8, 4) is 33.4 Å². The Kier molecular flexibility index (Phi) is 8.79. The predicted molar refractivity (Wildman–Crippen MR) is 262 cm³/mol. The molecule has 2 heterocycles. The maximum absolute atomic E-state index is 5.54. The first-order valence-corrected chi connectivity index (χ1v) is 22.1. The van der Waals surface area contributed by atoms with Gasteiger partial charge in [0.25, 0.3) is 0 Å². The highest BCUT2D eigenvalue weighted by Crippen LogP contribution is 2.63. The number of aliphatic imine (C=N–C) groups is 1. The summed E-state index contributed by atoms with van der Waals surface area (Å²) in [6.07, 6.45) is 3.30. The molecule has 9 aromatic rings. The average molecular weight is 805 g/mol. The lowest BCUT2D eigenvalue weighted by Gasteiger charge is -2.45. The first-order valence-electron chi connectivity index (χ1n) is 22.1. The van der Waals surface area contributed by atoms with Crippen LogP contribution in [0.25, 0.3) is 45.2 Å². The monoisotopic (exact) mass is 804 g/mol. The van der Waals surface area contributed by atoms with E-state index in [-0.39, 0.29) is 5.92 Å². The van der Waals surface area contributed by atoms with E-state index in [2.05, 4.69) is 242 Å². The second kappa shape index (κ2) is 15.0. The van der Waals surface area contributed by atoms with Gasteiger partial charge in [0.2, 0.25) is 0 Å². The molecular formula is C61H44N2. The van der Waals surface area contributed by atoms with Crippen molar-refractivity contribution in [3.05, 3.63) is 268 Å². The second-order valence-electron chi connectivity index (χ2n) is 17.1. The molecule has 1 spiro atoms. The number of benzene rings is 9. The number of hydrogen-bond acceptors (Lipinski definition) is 2. The van der Waals surface area contributed by atoms with Gasteiger partial charge in [-0.1, -0.05) is 195 Å². The molecule has 0 saturated carbocycles. The second-order valence-corrected chi connectivity index (χ2v) is 17.1. The summed E-state index contributed by atoms with van der Waals surface area (Å²) in [4.78, 5) is 7.98. The van der Waals surface area contributed by atoms with E-state index in [0.29, 0.717) is 0 Å². The highest BCUT2D eigenvalue weighted by molar-refractivity contribution is 6.06. The average Bonchev–Trinajstić information content (AvgIpc) is 3.64. The Morgan fingerprint density at radius 3 is 1.67 bits per heavy atom. The minimum absolute atomic E-state index is 0.237. The molecule has 2 nitrogen and oxygen atoms in total. The minimum Gasteiger partial charge on any atom is -0.310 e. The van der Waals surface area contributed by atoms with Gasteiger partial charge in [-0.3, -0.25) is 4.99 Å².